The van der Waals surface area contributed by atoms with Crippen molar-refractivity contribution in [1.29, 1.82) is 0 Å². The van der Waals surface area contributed by atoms with Crippen LogP contribution in [0.1, 0.15) is 0 Å². The molecule has 2 aromatic carbocycles. The van der Waals surface area contributed by atoms with Crippen molar-refractivity contribution in [2.75, 3.05) is 18.2 Å². The molecule has 0 aliphatic carbocycles. The lowest BCUT2D eigenvalue weighted by atomic mass is 10.2. The molecule has 3 N–H and O–H groups in total. The number of benzene rings is 2. The molecule has 2 rings (SSSR count). The third-order valence-electron chi connectivity index (χ3n) is 2.35. The summed E-state index contributed by atoms with van der Waals surface area (Å²) in [5.41, 5.74) is 8.11. The van der Waals surface area contributed by atoms with Crippen molar-refractivity contribution in [3.63, 3.8) is 0 Å². The minimum Gasteiger partial charge on any atom is -0.495 e. The lowest BCUT2D eigenvalue weighted by Crippen LogP contribution is -1.95. The highest BCUT2D eigenvalue weighted by atomic mass is 35.5. The smallest absolute Gasteiger partial charge is 0.142 e. The van der Waals surface area contributed by atoms with Crippen LogP contribution in [-0.2, 0) is 0 Å². The molecule has 0 spiro atoms. The van der Waals surface area contributed by atoms with Gasteiger partial charge in [0.2, 0.25) is 0 Å². The summed E-state index contributed by atoms with van der Waals surface area (Å²) >= 11 is 5.95. The Morgan fingerprint density at radius 1 is 1.12 bits per heavy atom. The lowest BCUT2D eigenvalue weighted by Gasteiger charge is -2.11. The largest absolute Gasteiger partial charge is 0.495 e. The summed E-state index contributed by atoms with van der Waals surface area (Å²) in [5, 5.41) is 3.88. The summed E-state index contributed by atoms with van der Waals surface area (Å²) in [4.78, 5) is 0. The number of anilines is 3. The van der Waals surface area contributed by atoms with Gasteiger partial charge in [0.05, 0.1) is 12.8 Å². The van der Waals surface area contributed by atoms with Gasteiger partial charge in [0.15, 0.2) is 0 Å². The fourth-order valence-corrected chi connectivity index (χ4v) is 1.67. The van der Waals surface area contributed by atoms with Crippen LogP contribution in [0.5, 0.6) is 5.75 Å². The van der Waals surface area contributed by atoms with E-state index in [2.05, 4.69) is 5.32 Å². The molecule has 0 atom stereocenters. The van der Waals surface area contributed by atoms with Gasteiger partial charge < -0.3 is 15.8 Å². The van der Waals surface area contributed by atoms with Crippen LogP contribution in [0.15, 0.2) is 42.5 Å². The molecule has 0 aliphatic heterocycles. The first kappa shape index (κ1) is 11.6. The Labute approximate surface area is 105 Å². The highest BCUT2D eigenvalue weighted by Gasteiger charge is 2.03. The maximum absolute atomic E-state index is 5.95. The van der Waals surface area contributed by atoms with Gasteiger partial charge in [0.1, 0.15) is 5.75 Å². The topological polar surface area (TPSA) is 47.3 Å². The van der Waals surface area contributed by atoms with Gasteiger partial charge in [-0.05, 0) is 42.5 Å². The molecule has 0 bridgehead atoms. The average molecular weight is 249 g/mol. The Bertz CT molecular complexity index is 511. The second-order valence-corrected chi connectivity index (χ2v) is 4.03. The van der Waals surface area contributed by atoms with Gasteiger partial charge >= 0.3 is 0 Å². The molecule has 0 saturated heterocycles. The molecule has 2 aromatic rings. The quantitative estimate of drug-likeness (QED) is 0.815. The van der Waals surface area contributed by atoms with Gasteiger partial charge in [-0.15, -0.1) is 0 Å². The predicted molar refractivity (Wildman–Crippen MR) is 72.1 cm³/mol. The standard InChI is InChI=1S/C13H13ClN2O/c1-17-13-7-2-9(14)8-12(13)16-11-5-3-10(15)4-6-11/h2-8,16H,15H2,1H3. The number of hydrogen-bond acceptors (Lipinski definition) is 3. The first-order valence-corrected chi connectivity index (χ1v) is 5.53. The van der Waals surface area contributed by atoms with Gasteiger partial charge in [-0.25, -0.2) is 0 Å². The first-order valence-electron chi connectivity index (χ1n) is 5.15. The van der Waals surface area contributed by atoms with E-state index in [-0.39, 0.29) is 0 Å². The Balaban J connectivity index is 2.28. The molecule has 0 amide bonds. The van der Waals surface area contributed by atoms with E-state index in [1.165, 1.54) is 0 Å². The molecule has 17 heavy (non-hydrogen) atoms. The van der Waals surface area contributed by atoms with Crippen LogP contribution in [0.4, 0.5) is 17.1 Å². The molecular formula is C13H13ClN2O. The van der Waals surface area contributed by atoms with E-state index in [1.54, 1.807) is 13.2 Å². The van der Waals surface area contributed by atoms with E-state index in [0.717, 1.165) is 22.8 Å². The summed E-state index contributed by atoms with van der Waals surface area (Å²) in [6.45, 7) is 0. The number of nitrogens with two attached hydrogens (primary N) is 1. The molecule has 3 nitrogen and oxygen atoms in total. The Morgan fingerprint density at radius 2 is 1.82 bits per heavy atom. The Morgan fingerprint density at radius 3 is 2.47 bits per heavy atom. The number of halogens is 1. The fraction of sp³-hybridized carbons (Fsp3) is 0.0769. The van der Waals surface area contributed by atoms with E-state index >= 15 is 0 Å². The van der Waals surface area contributed by atoms with Crippen molar-refractivity contribution >= 4 is 28.7 Å². The summed E-state index contributed by atoms with van der Waals surface area (Å²) in [5.74, 6) is 0.742. The van der Waals surface area contributed by atoms with Gasteiger partial charge in [-0.3, -0.25) is 0 Å². The third kappa shape index (κ3) is 2.82. The van der Waals surface area contributed by atoms with E-state index in [1.807, 2.05) is 36.4 Å². The van der Waals surface area contributed by atoms with Gasteiger partial charge in [-0.2, -0.15) is 0 Å². The van der Waals surface area contributed by atoms with Crippen LogP contribution in [0, 0.1) is 0 Å². The second kappa shape index (κ2) is 4.97. The van der Waals surface area contributed by atoms with Crippen molar-refractivity contribution in [3.05, 3.63) is 47.5 Å². The van der Waals surface area contributed by atoms with E-state index < -0.39 is 0 Å². The Kier molecular flexibility index (Phi) is 3.40. The van der Waals surface area contributed by atoms with Gasteiger partial charge in [0.25, 0.3) is 0 Å². The van der Waals surface area contributed by atoms with E-state index in [4.69, 9.17) is 22.1 Å². The second-order valence-electron chi connectivity index (χ2n) is 3.59. The minimum atomic E-state index is 0.656. The van der Waals surface area contributed by atoms with Crippen LogP contribution in [0.25, 0.3) is 0 Å². The van der Waals surface area contributed by atoms with E-state index in [9.17, 15) is 0 Å². The lowest BCUT2D eigenvalue weighted by molar-refractivity contribution is 0.417. The molecule has 4 heteroatoms. The summed E-state index contributed by atoms with van der Waals surface area (Å²) in [6.07, 6.45) is 0. The molecule has 0 fully saturated rings. The van der Waals surface area contributed by atoms with Gasteiger partial charge in [-0.1, -0.05) is 11.6 Å². The zero-order chi connectivity index (χ0) is 12.3. The molecular weight excluding hydrogens is 236 g/mol. The highest BCUT2D eigenvalue weighted by Crippen LogP contribution is 2.30. The summed E-state index contributed by atoms with van der Waals surface area (Å²) in [6, 6.07) is 12.9. The molecule has 88 valence electrons. The minimum absolute atomic E-state index is 0.656. The number of hydrogen-bond donors (Lipinski definition) is 2. The van der Waals surface area contributed by atoms with Crippen molar-refractivity contribution in [1.82, 2.24) is 0 Å². The first-order chi connectivity index (χ1) is 8.19. The molecule has 0 aromatic heterocycles. The molecule has 0 radical (unpaired) electrons. The molecule has 0 heterocycles. The van der Waals surface area contributed by atoms with Crippen molar-refractivity contribution in [2.45, 2.75) is 0 Å². The van der Waals surface area contributed by atoms with E-state index in [0.29, 0.717) is 5.02 Å². The SMILES string of the molecule is COc1ccc(Cl)cc1Nc1ccc(N)cc1. The average Bonchev–Trinajstić information content (AvgIpc) is 2.32. The molecule has 0 aliphatic rings. The number of nitrogen functional groups attached to an aromatic ring is 1. The zero-order valence-corrected chi connectivity index (χ0v) is 10.2. The summed E-state index contributed by atoms with van der Waals surface area (Å²) < 4.78 is 5.25. The monoisotopic (exact) mass is 248 g/mol. The summed E-state index contributed by atoms with van der Waals surface area (Å²) in [7, 11) is 1.62. The number of methoxy groups -OCH3 is 1. The molecule has 0 saturated carbocycles. The van der Waals surface area contributed by atoms with Crippen molar-refractivity contribution < 1.29 is 4.74 Å². The zero-order valence-electron chi connectivity index (χ0n) is 9.41. The maximum atomic E-state index is 5.95. The number of rotatable bonds is 3. The van der Waals surface area contributed by atoms with Crippen molar-refractivity contribution in [3.8, 4) is 5.75 Å². The Hall–Kier alpha value is -1.87. The normalized spacial score (nSPS) is 10.0. The van der Waals surface area contributed by atoms with Crippen LogP contribution in [-0.4, -0.2) is 7.11 Å². The van der Waals surface area contributed by atoms with Crippen LogP contribution in [0.3, 0.4) is 0 Å². The highest BCUT2D eigenvalue weighted by molar-refractivity contribution is 6.31. The predicted octanol–water partition coefficient (Wildman–Crippen LogP) is 3.67. The molecule has 0 unspecified atom stereocenters. The van der Waals surface area contributed by atoms with Crippen LogP contribution in [0.2, 0.25) is 5.02 Å². The van der Waals surface area contributed by atoms with Crippen molar-refractivity contribution in [2.24, 2.45) is 0 Å². The fourth-order valence-electron chi connectivity index (χ4n) is 1.50. The third-order valence-corrected chi connectivity index (χ3v) is 2.59. The van der Waals surface area contributed by atoms with Gasteiger partial charge in [0, 0.05) is 16.4 Å². The van der Waals surface area contributed by atoms with Crippen LogP contribution < -0.4 is 15.8 Å². The van der Waals surface area contributed by atoms with Crippen LogP contribution >= 0.6 is 11.6 Å². The maximum Gasteiger partial charge on any atom is 0.142 e. The number of nitrogens with one attached hydrogen (secondary N) is 1. The number of ether oxygens (including phenoxy) is 1.